The SMILES string of the molecule is CCOc1cc(Cl)c(S(C)(=O)=O)cc1C1=NC(C)(c2ccc(Cl)cc2)C(C)(c2ccc(Cl)cc2)N1C(=O)N1CCC2(CC1)CCN(C(C=O)CN)CC2. The number of carbonyl (C=O) groups is 2. The molecule has 6 rings (SSSR count). The molecule has 284 valence electrons. The van der Waals surface area contributed by atoms with Crippen LogP contribution in [-0.2, 0) is 25.7 Å². The number of hydrogen-bond donors (Lipinski definition) is 1. The summed E-state index contributed by atoms with van der Waals surface area (Å²) in [5.41, 5.74) is 5.51. The van der Waals surface area contributed by atoms with Crippen molar-refractivity contribution in [1.29, 1.82) is 0 Å². The molecule has 53 heavy (non-hydrogen) atoms. The van der Waals surface area contributed by atoms with Gasteiger partial charge in [0.1, 0.15) is 28.9 Å². The molecule has 14 heteroatoms. The number of sulfone groups is 1. The molecule has 3 aromatic rings. The molecule has 3 atom stereocenters. The standard InChI is InChI=1S/C39H46Cl3N5O5S/c1-5-52-33-23-32(42)34(53(4,50)51)22-31(33)35-44-37(2,26-6-10-28(40)11-7-26)38(3,27-8-12-29(41)13-9-27)47(35)36(49)46-20-16-39(17-21-46)14-18-45(19-15-39)30(24-43)25-48/h6-13,22-23,25,30H,5,14-21,24,43H2,1-4H3. The first-order chi connectivity index (χ1) is 25.1. The fraction of sp³-hybridized carbons (Fsp3) is 0.462. The summed E-state index contributed by atoms with van der Waals surface area (Å²) in [6, 6.07) is 17.2. The van der Waals surface area contributed by atoms with Gasteiger partial charge in [0.2, 0.25) is 0 Å². The van der Waals surface area contributed by atoms with Crippen molar-refractivity contribution < 1.29 is 22.7 Å². The van der Waals surface area contributed by atoms with Crippen LogP contribution in [0.2, 0.25) is 15.1 Å². The molecule has 0 aliphatic carbocycles. The van der Waals surface area contributed by atoms with E-state index in [1.807, 2.05) is 49.9 Å². The number of piperidine rings is 2. The number of likely N-dealkylation sites (tertiary alicyclic amines) is 2. The fourth-order valence-electron chi connectivity index (χ4n) is 8.27. The van der Waals surface area contributed by atoms with E-state index in [-0.39, 0.29) is 39.8 Å². The molecule has 0 radical (unpaired) electrons. The number of urea groups is 1. The van der Waals surface area contributed by atoms with Crippen molar-refractivity contribution >= 4 is 62.8 Å². The van der Waals surface area contributed by atoms with Crippen LogP contribution in [0.15, 0.2) is 70.6 Å². The van der Waals surface area contributed by atoms with Gasteiger partial charge in [0.25, 0.3) is 0 Å². The molecule has 2 saturated heterocycles. The minimum Gasteiger partial charge on any atom is -0.493 e. The average molecular weight is 803 g/mol. The van der Waals surface area contributed by atoms with Gasteiger partial charge in [-0.05, 0) is 106 Å². The summed E-state index contributed by atoms with van der Waals surface area (Å²) in [5, 5.41) is 1.10. The predicted octanol–water partition coefficient (Wildman–Crippen LogP) is 7.17. The second-order valence-corrected chi connectivity index (χ2v) is 17.9. The van der Waals surface area contributed by atoms with E-state index in [0.29, 0.717) is 41.0 Å². The van der Waals surface area contributed by atoms with Crippen LogP contribution < -0.4 is 10.5 Å². The number of benzene rings is 3. The number of amides is 2. The summed E-state index contributed by atoms with van der Waals surface area (Å²) >= 11 is 19.3. The van der Waals surface area contributed by atoms with E-state index in [2.05, 4.69) is 4.90 Å². The third-order valence-electron chi connectivity index (χ3n) is 11.7. The number of carbonyl (C=O) groups excluding carboxylic acids is 2. The summed E-state index contributed by atoms with van der Waals surface area (Å²) < 4.78 is 32.2. The van der Waals surface area contributed by atoms with E-state index in [1.54, 1.807) is 29.2 Å². The Morgan fingerprint density at radius 2 is 1.47 bits per heavy atom. The maximum atomic E-state index is 15.4. The Balaban J connectivity index is 1.49. The molecule has 2 fully saturated rings. The van der Waals surface area contributed by atoms with Crippen molar-refractivity contribution in [3.05, 3.63) is 92.4 Å². The fourth-order valence-corrected chi connectivity index (χ4v) is 9.84. The summed E-state index contributed by atoms with van der Waals surface area (Å²) in [4.78, 5) is 38.1. The van der Waals surface area contributed by atoms with Crippen LogP contribution in [0.4, 0.5) is 4.79 Å². The smallest absolute Gasteiger partial charge is 0.326 e. The van der Waals surface area contributed by atoms with Gasteiger partial charge >= 0.3 is 6.03 Å². The predicted molar refractivity (Wildman–Crippen MR) is 210 cm³/mol. The number of aldehydes is 1. The van der Waals surface area contributed by atoms with Gasteiger partial charge in [-0.3, -0.25) is 14.8 Å². The maximum Gasteiger partial charge on any atom is 0.326 e. The number of nitrogens with zero attached hydrogens (tertiary/aromatic N) is 4. The molecule has 3 aliphatic heterocycles. The number of nitrogens with two attached hydrogens (primary N) is 1. The number of aliphatic imine (C=N–C) groups is 1. The molecular weight excluding hydrogens is 757 g/mol. The van der Waals surface area contributed by atoms with Crippen molar-refractivity contribution in [1.82, 2.24) is 14.7 Å². The second kappa shape index (κ2) is 15.2. The van der Waals surface area contributed by atoms with Crippen molar-refractivity contribution in [3.63, 3.8) is 0 Å². The second-order valence-electron chi connectivity index (χ2n) is 14.7. The van der Waals surface area contributed by atoms with Gasteiger partial charge in [-0.2, -0.15) is 0 Å². The lowest BCUT2D eigenvalue weighted by atomic mass is 9.70. The normalized spacial score (nSPS) is 23.9. The Kier molecular flexibility index (Phi) is 11.3. The molecular formula is C39H46Cl3N5O5S. The summed E-state index contributed by atoms with van der Waals surface area (Å²) in [5.74, 6) is 0.556. The van der Waals surface area contributed by atoms with Gasteiger partial charge in [0.05, 0.1) is 28.1 Å². The Bertz CT molecular complexity index is 1990. The largest absolute Gasteiger partial charge is 0.493 e. The quantitative estimate of drug-likeness (QED) is 0.228. The third-order valence-corrected chi connectivity index (χ3v) is 13.8. The van der Waals surface area contributed by atoms with Gasteiger partial charge in [-0.25, -0.2) is 13.2 Å². The molecule has 3 aromatic carbocycles. The van der Waals surface area contributed by atoms with Crippen molar-refractivity contribution in [2.45, 2.75) is 68.5 Å². The number of halogens is 3. The first-order valence-corrected chi connectivity index (χ1v) is 20.9. The van der Waals surface area contributed by atoms with E-state index in [1.165, 1.54) is 12.1 Å². The van der Waals surface area contributed by atoms with Crippen molar-refractivity contribution in [2.24, 2.45) is 16.1 Å². The Hall–Kier alpha value is -3.19. The molecule has 0 saturated carbocycles. The van der Waals surface area contributed by atoms with Gasteiger partial charge in [0, 0.05) is 42.0 Å². The molecule has 1 spiro atoms. The topological polar surface area (TPSA) is 126 Å². The number of rotatable bonds is 9. The summed E-state index contributed by atoms with van der Waals surface area (Å²) in [7, 11) is -3.79. The zero-order valence-corrected chi connectivity index (χ0v) is 33.5. The zero-order valence-electron chi connectivity index (χ0n) is 30.4. The van der Waals surface area contributed by atoms with Crippen LogP contribution in [0.25, 0.3) is 0 Å². The van der Waals surface area contributed by atoms with Crippen LogP contribution in [0, 0.1) is 5.41 Å². The molecule has 2 N–H and O–H groups in total. The number of amidine groups is 1. The highest BCUT2D eigenvalue weighted by Crippen LogP contribution is 2.54. The number of ether oxygens (including phenoxy) is 1. The Morgan fingerprint density at radius 1 is 0.925 bits per heavy atom. The van der Waals surface area contributed by atoms with Gasteiger partial charge < -0.3 is 20.2 Å². The van der Waals surface area contributed by atoms with Gasteiger partial charge in [-0.15, -0.1) is 0 Å². The highest BCUT2D eigenvalue weighted by atomic mass is 35.5. The third kappa shape index (κ3) is 7.21. The molecule has 0 aromatic heterocycles. The molecule has 3 heterocycles. The van der Waals surface area contributed by atoms with Crippen LogP contribution in [-0.4, -0.2) is 92.9 Å². The van der Waals surface area contributed by atoms with Gasteiger partial charge in [-0.1, -0.05) is 59.1 Å². The first kappa shape index (κ1) is 39.5. The molecule has 2 amide bonds. The van der Waals surface area contributed by atoms with E-state index < -0.39 is 20.9 Å². The maximum absolute atomic E-state index is 15.4. The molecule has 0 bridgehead atoms. The minimum absolute atomic E-state index is 0.00963. The molecule has 10 nitrogen and oxygen atoms in total. The lowest BCUT2D eigenvalue weighted by molar-refractivity contribution is -0.113. The highest BCUT2D eigenvalue weighted by Gasteiger charge is 2.60. The van der Waals surface area contributed by atoms with Crippen molar-refractivity contribution in [2.75, 3.05) is 45.6 Å². The van der Waals surface area contributed by atoms with E-state index >= 15 is 4.79 Å². The van der Waals surface area contributed by atoms with Crippen LogP contribution in [0.3, 0.4) is 0 Å². The lowest BCUT2D eigenvalue weighted by Gasteiger charge is -2.50. The van der Waals surface area contributed by atoms with Crippen LogP contribution >= 0.6 is 34.8 Å². The zero-order chi connectivity index (χ0) is 38.3. The minimum atomic E-state index is -3.79. The van der Waals surface area contributed by atoms with E-state index in [0.717, 1.165) is 62.4 Å². The Morgan fingerprint density at radius 3 is 1.98 bits per heavy atom. The molecule has 3 aliphatic rings. The van der Waals surface area contributed by atoms with Crippen LogP contribution in [0.5, 0.6) is 5.75 Å². The summed E-state index contributed by atoms with van der Waals surface area (Å²) in [6.45, 7) is 8.92. The highest BCUT2D eigenvalue weighted by molar-refractivity contribution is 7.90. The average Bonchev–Trinajstić information content (AvgIpc) is 3.37. The monoisotopic (exact) mass is 801 g/mol. The van der Waals surface area contributed by atoms with Crippen molar-refractivity contribution in [3.8, 4) is 5.75 Å². The summed E-state index contributed by atoms with van der Waals surface area (Å²) in [6.07, 6.45) is 5.47. The lowest BCUT2D eigenvalue weighted by Crippen LogP contribution is -2.60. The Labute approximate surface area is 327 Å². The molecule has 3 unspecified atom stereocenters. The van der Waals surface area contributed by atoms with E-state index in [4.69, 9.17) is 50.3 Å². The van der Waals surface area contributed by atoms with E-state index in [9.17, 15) is 13.2 Å². The van der Waals surface area contributed by atoms with Crippen LogP contribution in [0.1, 0.15) is 63.1 Å². The number of hydrogen-bond acceptors (Lipinski definition) is 8. The van der Waals surface area contributed by atoms with Gasteiger partial charge in [0.15, 0.2) is 9.84 Å². The first-order valence-electron chi connectivity index (χ1n) is 17.9.